The van der Waals surface area contributed by atoms with E-state index in [4.69, 9.17) is 5.73 Å². The molecule has 0 saturated heterocycles. The molecule has 0 spiro atoms. The second kappa shape index (κ2) is 6.96. The largest absolute Gasteiger partial charge is 0.364 e. The number of hydrogen-bond donors (Lipinski definition) is 2. The van der Waals surface area contributed by atoms with Crippen LogP contribution in [0.2, 0.25) is 0 Å². The molecule has 1 fully saturated rings. The molecule has 10 nitrogen and oxygen atoms in total. The van der Waals surface area contributed by atoms with E-state index in [0.29, 0.717) is 0 Å². The highest BCUT2D eigenvalue weighted by Crippen LogP contribution is 2.44. The predicted octanol–water partition coefficient (Wildman–Crippen LogP) is -0.244. The number of amides is 4. The van der Waals surface area contributed by atoms with Crippen LogP contribution in [0.15, 0.2) is 16.4 Å². The standard InChI is InChI=1S/C20H24N4O6/c1-5-19(6-2)13(25)9-11(14(19)26)24-12(15(21)27)10(22-9)16(28)23-17(29)20(7-3,8-4)18(24)30/h11H,5-8H2,1-4H3,(H2,21,27)(H,23,28,29). The van der Waals surface area contributed by atoms with Gasteiger partial charge in [-0.2, -0.15) is 0 Å². The van der Waals surface area contributed by atoms with Crippen molar-refractivity contribution in [1.29, 1.82) is 0 Å². The van der Waals surface area contributed by atoms with E-state index in [-0.39, 0.29) is 31.4 Å². The first kappa shape index (κ1) is 21.5. The van der Waals surface area contributed by atoms with Gasteiger partial charge in [0.25, 0.3) is 11.8 Å². The number of aliphatic imine (C=N–C) groups is 1. The minimum Gasteiger partial charge on any atom is -0.364 e. The van der Waals surface area contributed by atoms with E-state index in [2.05, 4.69) is 10.3 Å². The Bertz CT molecular complexity index is 968. The van der Waals surface area contributed by atoms with Crippen molar-refractivity contribution in [1.82, 2.24) is 10.2 Å². The highest BCUT2D eigenvalue weighted by atomic mass is 16.2. The molecule has 0 radical (unpaired) electrons. The molecule has 3 N–H and O–H groups in total. The lowest BCUT2D eigenvalue weighted by atomic mass is 9.77. The number of fused-ring (bicyclic) bond motifs is 3. The molecule has 3 rings (SSSR count). The first-order valence-corrected chi connectivity index (χ1v) is 9.99. The molecule has 1 unspecified atom stereocenters. The number of primary amides is 1. The van der Waals surface area contributed by atoms with Gasteiger partial charge >= 0.3 is 0 Å². The summed E-state index contributed by atoms with van der Waals surface area (Å²) in [4.78, 5) is 83.0. The number of rotatable bonds is 5. The van der Waals surface area contributed by atoms with Crippen LogP contribution in [-0.2, 0) is 28.8 Å². The zero-order valence-electron chi connectivity index (χ0n) is 17.3. The number of imide groups is 1. The number of ketones is 2. The summed E-state index contributed by atoms with van der Waals surface area (Å²) in [5.74, 6) is -5.07. The third-order valence-electron chi connectivity index (χ3n) is 6.75. The summed E-state index contributed by atoms with van der Waals surface area (Å²) < 4.78 is 0. The van der Waals surface area contributed by atoms with Crippen molar-refractivity contribution in [3.8, 4) is 0 Å². The van der Waals surface area contributed by atoms with Crippen molar-refractivity contribution in [3.63, 3.8) is 0 Å². The molecular weight excluding hydrogens is 392 g/mol. The minimum atomic E-state index is -1.71. The Morgan fingerprint density at radius 1 is 1.00 bits per heavy atom. The second-order valence-electron chi connectivity index (χ2n) is 7.69. The molecule has 1 atom stereocenters. The lowest BCUT2D eigenvalue weighted by Gasteiger charge is -2.41. The first-order chi connectivity index (χ1) is 14.1. The fourth-order valence-corrected chi connectivity index (χ4v) is 4.65. The monoisotopic (exact) mass is 416 g/mol. The molecule has 2 bridgehead atoms. The molecule has 10 heteroatoms. The van der Waals surface area contributed by atoms with Gasteiger partial charge in [-0.3, -0.25) is 39.0 Å². The van der Waals surface area contributed by atoms with Crippen molar-refractivity contribution in [3.05, 3.63) is 11.4 Å². The van der Waals surface area contributed by atoms with E-state index >= 15 is 0 Å². The van der Waals surface area contributed by atoms with Gasteiger partial charge in [-0.05, 0) is 25.7 Å². The number of carbonyl (C=O) groups is 6. The minimum absolute atomic E-state index is 0.00730. The zero-order chi connectivity index (χ0) is 22.6. The van der Waals surface area contributed by atoms with Crippen LogP contribution in [0.25, 0.3) is 0 Å². The van der Waals surface area contributed by atoms with Crippen molar-refractivity contribution >= 4 is 40.9 Å². The number of Topliss-reactive ketones (excluding diaryl/α,β-unsaturated/α-hetero) is 2. The summed E-state index contributed by atoms with van der Waals surface area (Å²) in [6.45, 7) is 6.52. The molecule has 2 heterocycles. The Hall–Kier alpha value is -3.17. The highest BCUT2D eigenvalue weighted by molar-refractivity contribution is 6.57. The van der Waals surface area contributed by atoms with Crippen molar-refractivity contribution in [2.75, 3.05) is 0 Å². The van der Waals surface area contributed by atoms with Crippen molar-refractivity contribution < 1.29 is 28.8 Å². The lowest BCUT2D eigenvalue weighted by molar-refractivity contribution is -0.156. The summed E-state index contributed by atoms with van der Waals surface area (Å²) in [5.41, 5.74) is 0.890. The maximum absolute atomic E-state index is 13.7. The number of nitrogens with one attached hydrogen (secondary N) is 1. The molecule has 4 amide bonds. The van der Waals surface area contributed by atoms with Crippen LogP contribution < -0.4 is 11.1 Å². The Kier molecular flexibility index (Phi) is 5.00. The fourth-order valence-electron chi connectivity index (χ4n) is 4.65. The third kappa shape index (κ3) is 2.39. The molecular formula is C20H24N4O6. The Morgan fingerprint density at radius 3 is 2.00 bits per heavy atom. The van der Waals surface area contributed by atoms with E-state index in [1.54, 1.807) is 27.7 Å². The molecule has 0 aromatic rings. The van der Waals surface area contributed by atoms with E-state index in [9.17, 15) is 28.8 Å². The third-order valence-corrected chi connectivity index (χ3v) is 6.75. The van der Waals surface area contributed by atoms with Gasteiger partial charge < -0.3 is 5.73 Å². The zero-order valence-corrected chi connectivity index (χ0v) is 17.3. The fraction of sp³-hybridized carbons (Fsp3) is 0.550. The Balaban J connectivity index is 2.39. The van der Waals surface area contributed by atoms with Crippen molar-refractivity contribution in [2.24, 2.45) is 21.6 Å². The van der Waals surface area contributed by atoms with Gasteiger partial charge in [0.15, 0.2) is 17.3 Å². The maximum atomic E-state index is 13.7. The second-order valence-corrected chi connectivity index (χ2v) is 7.69. The topological polar surface area (TPSA) is 156 Å². The van der Waals surface area contributed by atoms with E-state index < -0.39 is 63.5 Å². The smallest absolute Gasteiger partial charge is 0.278 e. The van der Waals surface area contributed by atoms with Gasteiger partial charge in [0.2, 0.25) is 11.8 Å². The van der Waals surface area contributed by atoms with E-state index in [0.717, 1.165) is 4.90 Å². The molecule has 1 saturated carbocycles. The van der Waals surface area contributed by atoms with Gasteiger partial charge in [0.1, 0.15) is 22.9 Å². The quantitative estimate of drug-likeness (QED) is 0.465. The van der Waals surface area contributed by atoms with E-state index in [1.165, 1.54) is 0 Å². The highest BCUT2D eigenvalue weighted by Gasteiger charge is 2.64. The molecule has 160 valence electrons. The summed E-state index contributed by atoms with van der Waals surface area (Å²) in [6.07, 6.45) is 0.344. The van der Waals surface area contributed by atoms with Gasteiger partial charge in [0.05, 0.1) is 5.41 Å². The van der Waals surface area contributed by atoms with Crippen LogP contribution in [0.5, 0.6) is 0 Å². The Morgan fingerprint density at radius 2 is 1.53 bits per heavy atom. The summed E-state index contributed by atoms with van der Waals surface area (Å²) >= 11 is 0. The van der Waals surface area contributed by atoms with Gasteiger partial charge in [-0.15, -0.1) is 0 Å². The number of nitrogens with zero attached hydrogens (tertiary/aromatic N) is 2. The molecule has 3 aliphatic rings. The predicted molar refractivity (Wildman–Crippen MR) is 103 cm³/mol. The van der Waals surface area contributed by atoms with Crippen LogP contribution in [0.4, 0.5) is 0 Å². The first-order valence-electron chi connectivity index (χ1n) is 9.99. The molecule has 0 aromatic heterocycles. The van der Waals surface area contributed by atoms with Crippen LogP contribution in [0.1, 0.15) is 53.4 Å². The molecule has 0 aromatic carbocycles. The molecule has 2 aliphatic heterocycles. The molecule has 1 aliphatic carbocycles. The average molecular weight is 416 g/mol. The molecule has 30 heavy (non-hydrogen) atoms. The Labute approximate surface area is 172 Å². The summed E-state index contributed by atoms with van der Waals surface area (Å²) in [7, 11) is 0. The van der Waals surface area contributed by atoms with Gasteiger partial charge in [-0.1, -0.05) is 27.7 Å². The summed E-state index contributed by atoms with van der Waals surface area (Å²) in [5, 5.41) is 2.11. The number of hydrogen-bond acceptors (Lipinski definition) is 7. The van der Waals surface area contributed by atoms with Crippen LogP contribution in [0, 0.1) is 10.8 Å². The SMILES string of the molecule is CCC1(CC)C(=O)C2=NC3=C(C(N)=O)N(C(=O)C(CC)(CC)C(=O)NC3=O)C2C1=O. The lowest BCUT2D eigenvalue weighted by Crippen LogP contribution is -2.62. The number of nitrogens with two attached hydrogens (primary N) is 1. The van der Waals surface area contributed by atoms with Crippen molar-refractivity contribution in [2.45, 2.75) is 59.4 Å². The van der Waals surface area contributed by atoms with Crippen LogP contribution in [0.3, 0.4) is 0 Å². The van der Waals surface area contributed by atoms with Crippen LogP contribution in [-0.4, -0.2) is 51.8 Å². The van der Waals surface area contributed by atoms with Gasteiger partial charge in [0, 0.05) is 0 Å². The maximum Gasteiger partial charge on any atom is 0.278 e. The number of carbonyl (C=O) groups excluding carboxylic acids is 6. The van der Waals surface area contributed by atoms with Gasteiger partial charge in [-0.25, -0.2) is 4.99 Å². The van der Waals surface area contributed by atoms with Crippen LogP contribution >= 0.6 is 0 Å². The normalized spacial score (nSPS) is 24.9. The van der Waals surface area contributed by atoms with E-state index in [1.807, 2.05) is 0 Å². The summed E-state index contributed by atoms with van der Waals surface area (Å²) in [6, 6.07) is -1.49. The average Bonchev–Trinajstić information content (AvgIpc) is 2.94.